The largest absolute Gasteiger partial charge is 0.368 e. The molecule has 0 spiro atoms. The van der Waals surface area contributed by atoms with Crippen molar-refractivity contribution in [2.75, 3.05) is 11.9 Å². The SMILES string of the molecule is CC(N)c1ccc(NC(=O)C2CCCCO2)cc1. The van der Waals surface area contributed by atoms with Gasteiger partial charge in [0.05, 0.1) is 0 Å². The van der Waals surface area contributed by atoms with Crippen LogP contribution in [0, 0.1) is 0 Å². The van der Waals surface area contributed by atoms with Crippen LogP contribution in [-0.4, -0.2) is 18.6 Å². The smallest absolute Gasteiger partial charge is 0.253 e. The summed E-state index contributed by atoms with van der Waals surface area (Å²) in [5, 5.41) is 2.87. The van der Waals surface area contributed by atoms with Gasteiger partial charge in [0.1, 0.15) is 6.10 Å². The summed E-state index contributed by atoms with van der Waals surface area (Å²) in [5.74, 6) is -0.0525. The molecule has 98 valence electrons. The van der Waals surface area contributed by atoms with Gasteiger partial charge in [-0.2, -0.15) is 0 Å². The van der Waals surface area contributed by atoms with E-state index in [-0.39, 0.29) is 18.1 Å². The third-order valence-electron chi connectivity index (χ3n) is 3.18. The maximum Gasteiger partial charge on any atom is 0.253 e. The maximum atomic E-state index is 11.9. The number of benzene rings is 1. The van der Waals surface area contributed by atoms with E-state index in [0.717, 1.165) is 30.5 Å². The van der Waals surface area contributed by atoms with E-state index in [9.17, 15) is 4.79 Å². The minimum Gasteiger partial charge on any atom is -0.368 e. The fourth-order valence-corrected chi connectivity index (χ4v) is 2.04. The van der Waals surface area contributed by atoms with E-state index in [1.54, 1.807) is 0 Å². The topological polar surface area (TPSA) is 64.3 Å². The summed E-state index contributed by atoms with van der Waals surface area (Å²) in [4.78, 5) is 11.9. The summed E-state index contributed by atoms with van der Waals surface area (Å²) < 4.78 is 5.44. The second kappa shape index (κ2) is 5.98. The van der Waals surface area contributed by atoms with Crippen LogP contribution in [0.4, 0.5) is 5.69 Å². The van der Waals surface area contributed by atoms with Gasteiger partial charge in [-0.3, -0.25) is 4.79 Å². The molecule has 0 saturated carbocycles. The Kier molecular flexibility index (Phi) is 4.33. The van der Waals surface area contributed by atoms with Gasteiger partial charge in [0.2, 0.25) is 0 Å². The lowest BCUT2D eigenvalue weighted by Gasteiger charge is -2.21. The molecule has 4 nitrogen and oxygen atoms in total. The van der Waals surface area contributed by atoms with Crippen molar-refractivity contribution in [3.63, 3.8) is 0 Å². The number of anilines is 1. The molecule has 1 aliphatic heterocycles. The number of nitrogens with one attached hydrogen (secondary N) is 1. The first kappa shape index (κ1) is 13.1. The standard InChI is InChI=1S/C14H20N2O2/c1-10(15)11-5-7-12(8-6-11)16-14(17)13-4-2-3-9-18-13/h5-8,10,13H,2-4,9,15H2,1H3,(H,16,17). The molecule has 0 bridgehead atoms. The average Bonchev–Trinajstić information content (AvgIpc) is 2.40. The Morgan fingerprint density at radius 1 is 1.39 bits per heavy atom. The first-order valence-electron chi connectivity index (χ1n) is 6.45. The van der Waals surface area contributed by atoms with E-state index in [1.165, 1.54) is 0 Å². The van der Waals surface area contributed by atoms with Gasteiger partial charge in [0.15, 0.2) is 0 Å². The van der Waals surface area contributed by atoms with Crippen molar-refractivity contribution in [1.82, 2.24) is 0 Å². The highest BCUT2D eigenvalue weighted by atomic mass is 16.5. The van der Waals surface area contributed by atoms with Crippen molar-refractivity contribution in [2.45, 2.75) is 38.3 Å². The number of carbonyl (C=O) groups excluding carboxylic acids is 1. The van der Waals surface area contributed by atoms with E-state index < -0.39 is 0 Å². The molecular weight excluding hydrogens is 228 g/mol. The zero-order valence-corrected chi connectivity index (χ0v) is 10.7. The van der Waals surface area contributed by atoms with Crippen molar-refractivity contribution < 1.29 is 9.53 Å². The maximum absolute atomic E-state index is 11.9. The van der Waals surface area contributed by atoms with Crippen LogP contribution in [0.2, 0.25) is 0 Å². The van der Waals surface area contributed by atoms with Gasteiger partial charge in [-0.1, -0.05) is 12.1 Å². The molecule has 0 aromatic heterocycles. The van der Waals surface area contributed by atoms with Gasteiger partial charge < -0.3 is 15.8 Å². The lowest BCUT2D eigenvalue weighted by Crippen LogP contribution is -2.33. The molecule has 1 aromatic carbocycles. The zero-order chi connectivity index (χ0) is 13.0. The Hall–Kier alpha value is -1.39. The monoisotopic (exact) mass is 248 g/mol. The van der Waals surface area contributed by atoms with Gasteiger partial charge in [-0.15, -0.1) is 0 Å². The van der Waals surface area contributed by atoms with Crippen LogP contribution >= 0.6 is 0 Å². The number of hydrogen-bond donors (Lipinski definition) is 2. The minimum atomic E-state index is -0.299. The number of nitrogens with two attached hydrogens (primary N) is 1. The molecule has 3 N–H and O–H groups in total. The molecule has 2 unspecified atom stereocenters. The summed E-state index contributed by atoms with van der Waals surface area (Å²) in [6.07, 6.45) is 2.62. The summed E-state index contributed by atoms with van der Waals surface area (Å²) in [7, 11) is 0. The van der Waals surface area contributed by atoms with Crippen LogP contribution in [0.3, 0.4) is 0 Å². The first-order valence-corrected chi connectivity index (χ1v) is 6.45. The lowest BCUT2D eigenvalue weighted by atomic mass is 10.1. The molecular formula is C14H20N2O2. The molecule has 1 fully saturated rings. The average molecular weight is 248 g/mol. The molecule has 1 amide bonds. The highest BCUT2D eigenvalue weighted by molar-refractivity contribution is 5.94. The number of ether oxygens (including phenoxy) is 1. The highest BCUT2D eigenvalue weighted by Crippen LogP contribution is 2.17. The van der Waals surface area contributed by atoms with Crippen LogP contribution in [0.1, 0.15) is 37.8 Å². The molecule has 0 radical (unpaired) electrons. The Morgan fingerprint density at radius 2 is 2.11 bits per heavy atom. The molecule has 2 rings (SSSR count). The van der Waals surface area contributed by atoms with E-state index in [2.05, 4.69) is 5.32 Å². The number of hydrogen-bond acceptors (Lipinski definition) is 3. The first-order chi connectivity index (χ1) is 8.66. The van der Waals surface area contributed by atoms with Crippen molar-refractivity contribution >= 4 is 11.6 Å². The van der Waals surface area contributed by atoms with Crippen LogP contribution in [-0.2, 0) is 9.53 Å². The van der Waals surface area contributed by atoms with E-state index in [4.69, 9.17) is 10.5 Å². The predicted octanol–water partition coefficient (Wildman–Crippen LogP) is 2.21. The molecule has 1 saturated heterocycles. The second-order valence-electron chi connectivity index (χ2n) is 4.76. The van der Waals surface area contributed by atoms with Crippen LogP contribution in [0.15, 0.2) is 24.3 Å². The van der Waals surface area contributed by atoms with Crippen molar-refractivity contribution in [1.29, 1.82) is 0 Å². The molecule has 2 atom stereocenters. The van der Waals surface area contributed by atoms with Crippen molar-refractivity contribution in [2.24, 2.45) is 5.73 Å². The normalized spacial score (nSPS) is 21.3. The Labute approximate surface area is 108 Å². The number of amides is 1. The summed E-state index contributed by atoms with van der Waals surface area (Å²) in [6, 6.07) is 7.62. The Morgan fingerprint density at radius 3 is 2.67 bits per heavy atom. The molecule has 4 heteroatoms. The van der Waals surface area contributed by atoms with E-state index in [1.807, 2.05) is 31.2 Å². The Balaban J connectivity index is 1.94. The predicted molar refractivity (Wildman–Crippen MR) is 71.3 cm³/mol. The van der Waals surface area contributed by atoms with E-state index in [0.29, 0.717) is 6.61 Å². The van der Waals surface area contributed by atoms with Crippen LogP contribution < -0.4 is 11.1 Å². The van der Waals surface area contributed by atoms with Gasteiger partial charge in [0, 0.05) is 18.3 Å². The van der Waals surface area contributed by atoms with Gasteiger partial charge in [0.25, 0.3) is 5.91 Å². The van der Waals surface area contributed by atoms with Crippen molar-refractivity contribution in [3.05, 3.63) is 29.8 Å². The summed E-state index contributed by atoms with van der Waals surface area (Å²) >= 11 is 0. The fraction of sp³-hybridized carbons (Fsp3) is 0.500. The molecule has 0 aliphatic carbocycles. The van der Waals surface area contributed by atoms with Crippen LogP contribution in [0.5, 0.6) is 0 Å². The second-order valence-corrected chi connectivity index (χ2v) is 4.76. The number of carbonyl (C=O) groups is 1. The summed E-state index contributed by atoms with van der Waals surface area (Å²) in [6.45, 7) is 2.62. The zero-order valence-electron chi connectivity index (χ0n) is 10.7. The van der Waals surface area contributed by atoms with Crippen LogP contribution in [0.25, 0.3) is 0 Å². The lowest BCUT2D eigenvalue weighted by molar-refractivity contribution is -0.129. The Bertz CT molecular complexity index is 395. The summed E-state index contributed by atoms with van der Waals surface area (Å²) in [5.41, 5.74) is 7.62. The van der Waals surface area contributed by atoms with Gasteiger partial charge in [-0.05, 0) is 43.9 Å². The minimum absolute atomic E-state index is 0.0106. The third kappa shape index (κ3) is 3.31. The third-order valence-corrected chi connectivity index (χ3v) is 3.18. The van der Waals surface area contributed by atoms with Gasteiger partial charge in [-0.25, -0.2) is 0 Å². The molecule has 1 aliphatic rings. The van der Waals surface area contributed by atoms with E-state index >= 15 is 0 Å². The molecule has 1 heterocycles. The fourth-order valence-electron chi connectivity index (χ4n) is 2.04. The molecule has 18 heavy (non-hydrogen) atoms. The van der Waals surface area contributed by atoms with Gasteiger partial charge >= 0.3 is 0 Å². The number of rotatable bonds is 3. The highest BCUT2D eigenvalue weighted by Gasteiger charge is 2.21. The van der Waals surface area contributed by atoms with Crippen molar-refractivity contribution in [3.8, 4) is 0 Å². The quantitative estimate of drug-likeness (QED) is 0.862. The molecule has 1 aromatic rings.